The van der Waals surface area contributed by atoms with Crippen LogP contribution in [0.2, 0.25) is 0 Å². The average molecular weight is 431 g/mol. The smallest absolute Gasteiger partial charge is 0.265 e. The number of anilines is 2. The Bertz CT molecular complexity index is 1140. The third-order valence-electron chi connectivity index (χ3n) is 6.06. The number of nitrogens with zero attached hydrogens (tertiary/aromatic N) is 3. The number of nitrogens with one attached hydrogen (secondary N) is 1. The number of carbonyl (C=O) groups is 2. The van der Waals surface area contributed by atoms with Crippen molar-refractivity contribution in [2.45, 2.75) is 25.4 Å². The highest BCUT2D eigenvalue weighted by Gasteiger charge is 2.34. The van der Waals surface area contributed by atoms with Crippen LogP contribution >= 0.6 is 0 Å². The van der Waals surface area contributed by atoms with E-state index >= 15 is 0 Å². The summed E-state index contributed by atoms with van der Waals surface area (Å²) in [6.07, 6.45) is 4.34. The number of amides is 2. The molecule has 2 amide bonds. The van der Waals surface area contributed by atoms with Crippen LogP contribution in [0.1, 0.15) is 19.3 Å². The first-order chi connectivity index (χ1) is 15.7. The van der Waals surface area contributed by atoms with Gasteiger partial charge in [-0.3, -0.25) is 14.6 Å². The van der Waals surface area contributed by atoms with Gasteiger partial charge in [-0.15, -0.1) is 0 Å². The van der Waals surface area contributed by atoms with E-state index in [-0.39, 0.29) is 18.4 Å². The van der Waals surface area contributed by atoms with Gasteiger partial charge in [0, 0.05) is 24.7 Å². The summed E-state index contributed by atoms with van der Waals surface area (Å²) in [5.41, 5.74) is 2.38. The molecule has 7 heteroatoms. The molecule has 0 radical (unpaired) electrons. The first-order valence-corrected chi connectivity index (χ1v) is 11.1. The molecule has 0 spiro atoms. The molecule has 0 saturated carbocycles. The van der Waals surface area contributed by atoms with E-state index in [1.54, 1.807) is 6.20 Å². The minimum absolute atomic E-state index is 0.00439. The van der Waals surface area contributed by atoms with E-state index < -0.39 is 6.10 Å². The van der Waals surface area contributed by atoms with Gasteiger partial charge in [-0.25, -0.2) is 0 Å². The number of fused-ring (bicyclic) bond motifs is 2. The van der Waals surface area contributed by atoms with Crippen LogP contribution in [0, 0.1) is 0 Å². The molecule has 5 rings (SSSR count). The van der Waals surface area contributed by atoms with Gasteiger partial charge in [0.25, 0.3) is 5.91 Å². The van der Waals surface area contributed by atoms with Gasteiger partial charge in [0.1, 0.15) is 5.75 Å². The Morgan fingerprint density at radius 3 is 2.72 bits per heavy atom. The fraction of sp³-hybridized carbons (Fsp3) is 0.320. The Kier molecular flexibility index (Phi) is 5.62. The van der Waals surface area contributed by atoms with Crippen molar-refractivity contribution in [3.63, 3.8) is 0 Å². The molecule has 1 unspecified atom stereocenters. The van der Waals surface area contributed by atoms with Crippen molar-refractivity contribution in [2.75, 3.05) is 36.4 Å². The molecule has 1 aromatic heterocycles. The molecule has 1 atom stereocenters. The molecule has 3 aromatic rings. The van der Waals surface area contributed by atoms with Crippen LogP contribution in [-0.4, -0.2) is 54.0 Å². The number of pyridine rings is 1. The van der Waals surface area contributed by atoms with E-state index in [0.717, 1.165) is 54.6 Å². The molecule has 2 aromatic carbocycles. The molecule has 1 fully saturated rings. The number of likely N-dealkylation sites (tertiary alicyclic amines) is 1. The maximum absolute atomic E-state index is 13.1. The Balaban J connectivity index is 1.34. The van der Waals surface area contributed by atoms with E-state index in [1.165, 1.54) is 0 Å². The molecule has 2 aliphatic rings. The van der Waals surface area contributed by atoms with E-state index in [0.29, 0.717) is 12.3 Å². The number of carbonyl (C=O) groups excluding carboxylic acids is 2. The monoisotopic (exact) mass is 430 g/mol. The lowest BCUT2D eigenvalue weighted by atomic mass is 10.1. The second kappa shape index (κ2) is 8.86. The summed E-state index contributed by atoms with van der Waals surface area (Å²) < 4.78 is 6.06. The molecule has 164 valence electrons. The minimum Gasteiger partial charge on any atom is -0.477 e. The zero-order chi connectivity index (χ0) is 21.9. The SMILES string of the molecule is O=C(CN1CC(C(=O)N2CCCCC2)Oc2ccccc21)Nc1cccc2ncccc12. The normalized spacial score (nSPS) is 18.1. The summed E-state index contributed by atoms with van der Waals surface area (Å²) in [5.74, 6) is 0.489. The minimum atomic E-state index is -0.613. The number of hydrogen-bond donors (Lipinski definition) is 1. The van der Waals surface area contributed by atoms with Crippen LogP contribution in [-0.2, 0) is 9.59 Å². The number of benzene rings is 2. The lowest BCUT2D eigenvalue weighted by Gasteiger charge is -2.38. The van der Waals surface area contributed by atoms with Gasteiger partial charge in [-0.05, 0) is 55.7 Å². The Morgan fingerprint density at radius 1 is 1.00 bits per heavy atom. The van der Waals surface area contributed by atoms with Gasteiger partial charge < -0.3 is 19.9 Å². The average Bonchev–Trinajstić information content (AvgIpc) is 2.84. The zero-order valence-electron chi connectivity index (χ0n) is 17.9. The standard InChI is InChI=1S/C25H26N4O3/c30-24(27-20-10-6-9-19-18(20)8-7-13-26-19)17-29-16-23(25(31)28-14-4-1-5-15-28)32-22-12-3-2-11-21(22)29/h2-3,6-13,23H,1,4-5,14-17H2,(H,27,30). The Morgan fingerprint density at radius 2 is 1.84 bits per heavy atom. The van der Waals surface area contributed by atoms with Crippen molar-refractivity contribution in [2.24, 2.45) is 0 Å². The molecule has 1 saturated heterocycles. The fourth-order valence-electron chi connectivity index (χ4n) is 4.48. The predicted octanol–water partition coefficient (Wildman–Crippen LogP) is 3.45. The maximum Gasteiger partial charge on any atom is 0.265 e. The summed E-state index contributed by atoms with van der Waals surface area (Å²) in [6.45, 7) is 2.02. The van der Waals surface area contributed by atoms with Crippen LogP contribution < -0.4 is 15.0 Å². The molecule has 3 heterocycles. The van der Waals surface area contributed by atoms with E-state index in [4.69, 9.17) is 4.74 Å². The van der Waals surface area contributed by atoms with Crippen molar-refractivity contribution in [3.05, 3.63) is 60.8 Å². The first-order valence-electron chi connectivity index (χ1n) is 11.1. The molecular weight excluding hydrogens is 404 g/mol. The van der Waals surface area contributed by atoms with Gasteiger partial charge in [-0.2, -0.15) is 0 Å². The largest absolute Gasteiger partial charge is 0.477 e. The molecule has 0 aliphatic carbocycles. The summed E-state index contributed by atoms with van der Waals surface area (Å²) in [7, 11) is 0. The summed E-state index contributed by atoms with van der Waals surface area (Å²) in [4.78, 5) is 34.3. The van der Waals surface area contributed by atoms with Crippen molar-refractivity contribution < 1.29 is 14.3 Å². The van der Waals surface area contributed by atoms with E-state index in [2.05, 4.69) is 10.3 Å². The fourth-order valence-corrected chi connectivity index (χ4v) is 4.48. The lowest BCUT2D eigenvalue weighted by Crippen LogP contribution is -2.52. The van der Waals surface area contributed by atoms with Crippen molar-refractivity contribution in [1.82, 2.24) is 9.88 Å². The topological polar surface area (TPSA) is 74.8 Å². The van der Waals surface area contributed by atoms with Crippen LogP contribution in [0.4, 0.5) is 11.4 Å². The van der Waals surface area contributed by atoms with E-state index in [9.17, 15) is 9.59 Å². The molecule has 1 N–H and O–H groups in total. The third kappa shape index (κ3) is 4.10. The third-order valence-corrected chi connectivity index (χ3v) is 6.06. The summed E-state index contributed by atoms with van der Waals surface area (Å²) >= 11 is 0. The van der Waals surface area contributed by atoms with Gasteiger partial charge >= 0.3 is 0 Å². The first kappa shape index (κ1) is 20.3. The van der Waals surface area contributed by atoms with Gasteiger partial charge in [0.05, 0.1) is 30.0 Å². The molecule has 0 bridgehead atoms. The number of ether oxygens (including phenoxy) is 1. The van der Waals surface area contributed by atoms with Crippen molar-refractivity contribution in [1.29, 1.82) is 0 Å². The number of rotatable bonds is 4. The second-order valence-electron chi connectivity index (χ2n) is 8.26. The Labute approximate surface area is 187 Å². The number of hydrogen-bond acceptors (Lipinski definition) is 5. The van der Waals surface area contributed by atoms with Gasteiger partial charge in [0.2, 0.25) is 5.91 Å². The highest BCUT2D eigenvalue weighted by Crippen LogP contribution is 2.33. The summed E-state index contributed by atoms with van der Waals surface area (Å²) in [5, 5.41) is 3.91. The summed E-state index contributed by atoms with van der Waals surface area (Å²) in [6, 6.07) is 17.0. The van der Waals surface area contributed by atoms with E-state index in [1.807, 2.05) is 64.4 Å². The highest BCUT2D eigenvalue weighted by molar-refractivity contribution is 6.02. The van der Waals surface area contributed by atoms with Gasteiger partial charge in [0.15, 0.2) is 6.10 Å². The highest BCUT2D eigenvalue weighted by atomic mass is 16.5. The molecule has 2 aliphatic heterocycles. The molecular formula is C25H26N4O3. The van der Waals surface area contributed by atoms with Crippen molar-refractivity contribution >= 4 is 34.1 Å². The number of piperidine rings is 1. The second-order valence-corrected chi connectivity index (χ2v) is 8.26. The van der Waals surface area contributed by atoms with Crippen LogP contribution in [0.25, 0.3) is 10.9 Å². The zero-order valence-corrected chi connectivity index (χ0v) is 17.9. The Hall–Kier alpha value is -3.61. The molecule has 7 nitrogen and oxygen atoms in total. The lowest BCUT2D eigenvalue weighted by molar-refractivity contribution is -0.139. The maximum atomic E-state index is 13.1. The number of aromatic nitrogens is 1. The number of para-hydroxylation sites is 2. The molecule has 32 heavy (non-hydrogen) atoms. The van der Waals surface area contributed by atoms with Crippen LogP contribution in [0.15, 0.2) is 60.8 Å². The quantitative estimate of drug-likeness (QED) is 0.686. The van der Waals surface area contributed by atoms with Crippen LogP contribution in [0.3, 0.4) is 0 Å². The van der Waals surface area contributed by atoms with Crippen LogP contribution in [0.5, 0.6) is 5.75 Å². The van der Waals surface area contributed by atoms with Crippen molar-refractivity contribution in [3.8, 4) is 5.75 Å². The predicted molar refractivity (Wildman–Crippen MR) is 124 cm³/mol. The van der Waals surface area contributed by atoms with Gasteiger partial charge in [-0.1, -0.05) is 18.2 Å².